The zero-order valence-corrected chi connectivity index (χ0v) is 13.4. The summed E-state index contributed by atoms with van der Waals surface area (Å²) in [6.07, 6.45) is 2.33. The van der Waals surface area contributed by atoms with Gasteiger partial charge in [0.15, 0.2) is 0 Å². The van der Waals surface area contributed by atoms with Gasteiger partial charge in [0.05, 0.1) is 25.5 Å². The van der Waals surface area contributed by atoms with Crippen molar-refractivity contribution in [1.82, 2.24) is 14.9 Å². The van der Waals surface area contributed by atoms with Crippen molar-refractivity contribution in [3.05, 3.63) is 17.6 Å². The average Bonchev–Trinajstić information content (AvgIpc) is 2.56. The van der Waals surface area contributed by atoms with E-state index >= 15 is 0 Å². The maximum Gasteiger partial charge on any atom is 0.132 e. The van der Waals surface area contributed by atoms with Crippen LogP contribution < -0.4 is 4.90 Å². The van der Waals surface area contributed by atoms with E-state index in [0.717, 1.165) is 63.3 Å². The lowest BCUT2D eigenvalue weighted by molar-refractivity contribution is 0.122. The van der Waals surface area contributed by atoms with Gasteiger partial charge in [0.2, 0.25) is 0 Å². The minimum atomic E-state index is 0.231. The Balaban J connectivity index is 1.76. The first kappa shape index (κ1) is 15.6. The highest BCUT2D eigenvalue weighted by Gasteiger charge is 2.24. The molecular weight excluding hydrogens is 280 g/mol. The molecule has 1 atom stereocenters. The monoisotopic (exact) mass is 306 g/mol. The summed E-state index contributed by atoms with van der Waals surface area (Å²) in [5.41, 5.74) is 1.15. The largest absolute Gasteiger partial charge is 0.395 e. The van der Waals surface area contributed by atoms with Crippen molar-refractivity contribution < 1.29 is 9.84 Å². The molecular formula is C16H26N4O2. The van der Waals surface area contributed by atoms with E-state index < -0.39 is 0 Å². The third-order valence-electron chi connectivity index (χ3n) is 4.52. The maximum atomic E-state index is 9.15. The van der Waals surface area contributed by atoms with Crippen molar-refractivity contribution >= 4 is 5.82 Å². The SMILES string of the molecule is Cc1nc([C@@H]2CCCN(CCO)C2)cc(N2CCOCC2)n1. The number of likely N-dealkylation sites (tertiary alicyclic amines) is 1. The Morgan fingerprint density at radius 2 is 2.09 bits per heavy atom. The average molecular weight is 306 g/mol. The first-order valence-corrected chi connectivity index (χ1v) is 8.28. The molecule has 0 bridgehead atoms. The predicted molar refractivity (Wildman–Crippen MR) is 85.3 cm³/mol. The first-order chi connectivity index (χ1) is 10.8. The third-order valence-corrected chi connectivity index (χ3v) is 4.52. The zero-order chi connectivity index (χ0) is 15.4. The van der Waals surface area contributed by atoms with Crippen LogP contribution in [0.5, 0.6) is 0 Å². The van der Waals surface area contributed by atoms with Crippen molar-refractivity contribution in [3.8, 4) is 0 Å². The van der Waals surface area contributed by atoms with Crippen molar-refractivity contribution in [1.29, 1.82) is 0 Å². The van der Waals surface area contributed by atoms with Crippen LogP contribution in [-0.4, -0.2) is 72.5 Å². The normalized spacial score (nSPS) is 23.7. The molecule has 2 aliphatic heterocycles. The summed E-state index contributed by atoms with van der Waals surface area (Å²) >= 11 is 0. The molecule has 0 spiro atoms. The molecule has 0 aromatic carbocycles. The summed E-state index contributed by atoms with van der Waals surface area (Å²) in [6, 6.07) is 2.16. The van der Waals surface area contributed by atoms with Crippen molar-refractivity contribution in [2.24, 2.45) is 0 Å². The molecule has 22 heavy (non-hydrogen) atoms. The molecule has 1 N–H and O–H groups in total. The molecule has 0 aliphatic carbocycles. The highest BCUT2D eigenvalue weighted by atomic mass is 16.5. The van der Waals surface area contributed by atoms with Crippen molar-refractivity contribution in [2.45, 2.75) is 25.7 Å². The van der Waals surface area contributed by atoms with Gasteiger partial charge in [-0.15, -0.1) is 0 Å². The number of aliphatic hydroxyl groups excluding tert-OH is 1. The summed E-state index contributed by atoms with van der Waals surface area (Å²) in [6.45, 7) is 8.37. The summed E-state index contributed by atoms with van der Waals surface area (Å²) in [5.74, 6) is 2.32. The molecule has 0 radical (unpaired) electrons. The van der Waals surface area contributed by atoms with E-state index in [4.69, 9.17) is 9.84 Å². The minimum Gasteiger partial charge on any atom is -0.395 e. The summed E-state index contributed by atoms with van der Waals surface area (Å²) in [7, 11) is 0. The molecule has 0 unspecified atom stereocenters. The van der Waals surface area contributed by atoms with E-state index in [-0.39, 0.29) is 6.61 Å². The van der Waals surface area contributed by atoms with E-state index in [1.165, 1.54) is 12.8 Å². The van der Waals surface area contributed by atoms with Gasteiger partial charge in [-0.05, 0) is 26.3 Å². The molecule has 2 aliphatic rings. The number of nitrogens with zero attached hydrogens (tertiary/aromatic N) is 4. The van der Waals surface area contributed by atoms with Crippen LogP contribution in [0.25, 0.3) is 0 Å². The number of aryl methyl sites for hydroxylation is 1. The smallest absolute Gasteiger partial charge is 0.132 e. The molecule has 2 fully saturated rings. The summed E-state index contributed by atoms with van der Waals surface area (Å²) in [4.78, 5) is 13.9. The Bertz CT molecular complexity index is 489. The molecule has 1 aromatic rings. The van der Waals surface area contributed by atoms with Gasteiger partial charge in [-0.2, -0.15) is 0 Å². The number of β-amino-alcohol motifs (C(OH)–C–C–N with tert-alkyl or cyclic N) is 1. The lowest BCUT2D eigenvalue weighted by Crippen LogP contribution is -2.38. The van der Waals surface area contributed by atoms with E-state index in [1.807, 2.05) is 6.92 Å². The second-order valence-corrected chi connectivity index (χ2v) is 6.16. The van der Waals surface area contributed by atoms with Crippen molar-refractivity contribution in [2.75, 3.05) is 57.4 Å². The van der Waals surface area contributed by atoms with Crippen LogP contribution in [-0.2, 0) is 4.74 Å². The van der Waals surface area contributed by atoms with Crippen LogP contribution in [0.2, 0.25) is 0 Å². The van der Waals surface area contributed by atoms with Crippen LogP contribution in [0.4, 0.5) is 5.82 Å². The second kappa shape index (κ2) is 7.35. The van der Waals surface area contributed by atoms with Gasteiger partial charge < -0.3 is 19.6 Å². The quantitative estimate of drug-likeness (QED) is 0.887. The van der Waals surface area contributed by atoms with E-state index in [2.05, 4.69) is 25.8 Å². The molecule has 2 saturated heterocycles. The number of morpholine rings is 1. The molecule has 6 heteroatoms. The zero-order valence-electron chi connectivity index (χ0n) is 13.4. The van der Waals surface area contributed by atoms with Crippen LogP contribution in [0, 0.1) is 6.92 Å². The number of aliphatic hydroxyl groups is 1. The summed E-state index contributed by atoms with van der Waals surface area (Å²) in [5, 5.41) is 9.15. The fourth-order valence-electron chi connectivity index (χ4n) is 3.38. The number of piperidine rings is 1. The molecule has 0 saturated carbocycles. The van der Waals surface area contributed by atoms with Gasteiger partial charge in [-0.1, -0.05) is 0 Å². The Hall–Kier alpha value is -1.24. The molecule has 0 amide bonds. The fraction of sp³-hybridized carbons (Fsp3) is 0.750. The predicted octanol–water partition coefficient (Wildman–Crippen LogP) is 0.793. The van der Waals surface area contributed by atoms with Crippen LogP contribution in [0.1, 0.15) is 30.3 Å². The molecule has 3 rings (SSSR count). The van der Waals surface area contributed by atoms with Gasteiger partial charge >= 0.3 is 0 Å². The Morgan fingerprint density at radius 1 is 1.27 bits per heavy atom. The summed E-state index contributed by atoms with van der Waals surface area (Å²) < 4.78 is 5.42. The lowest BCUT2D eigenvalue weighted by atomic mass is 9.94. The van der Waals surface area contributed by atoms with Crippen LogP contribution >= 0.6 is 0 Å². The molecule has 3 heterocycles. The van der Waals surface area contributed by atoms with Gasteiger partial charge in [0.25, 0.3) is 0 Å². The number of anilines is 1. The van der Waals surface area contributed by atoms with Gasteiger partial charge in [-0.3, -0.25) is 0 Å². The van der Waals surface area contributed by atoms with Gasteiger partial charge in [-0.25, -0.2) is 9.97 Å². The third kappa shape index (κ3) is 3.74. The Kier molecular flexibility index (Phi) is 5.23. The highest BCUT2D eigenvalue weighted by Crippen LogP contribution is 2.27. The number of aromatic nitrogens is 2. The Morgan fingerprint density at radius 3 is 2.86 bits per heavy atom. The maximum absolute atomic E-state index is 9.15. The van der Waals surface area contributed by atoms with Crippen LogP contribution in [0.15, 0.2) is 6.07 Å². The topological polar surface area (TPSA) is 61.7 Å². The number of ether oxygens (including phenoxy) is 1. The molecule has 122 valence electrons. The van der Waals surface area contributed by atoms with E-state index in [9.17, 15) is 0 Å². The highest BCUT2D eigenvalue weighted by molar-refractivity contribution is 5.41. The number of hydrogen-bond acceptors (Lipinski definition) is 6. The van der Waals surface area contributed by atoms with E-state index in [1.54, 1.807) is 0 Å². The van der Waals surface area contributed by atoms with Gasteiger partial charge in [0, 0.05) is 38.2 Å². The Labute approximate surface area is 132 Å². The van der Waals surface area contributed by atoms with Gasteiger partial charge in [0.1, 0.15) is 11.6 Å². The number of rotatable bonds is 4. The fourth-order valence-corrected chi connectivity index (χ4v) is 3.38. The molecule has 1 aromatic heterocycles. The first-order valence-electron chi connectivity index (χ1n) is 8.28. The lowest BCUT2D eigenvalue weighted by Gasteiger charge is -2.33. The van der Waals surface area contributed by atoms with Crippen molar-refractivity contribution in [3.63, 3.8) is 0 Å². The van der Waals surface area contributed by atoms with Crippen LogP contribution in [0.3, 0.4) is 0 Å². The second-order valence-electron chi connectivity index (χ2n) is 6.16. The standard InChI is InChI=1S/C16H26N4O2/c1-13-17-15(14-3-2-4-19(12-14)5-8-21)11-16(18-13)20-6-9-22-10-7-20/h11,14,21H,2-10,12H2,1H3/t14-/m1/s1. The number of hydrogen-bond donors (Lipinski definition) is 1. The molecule has 6 nitrogen and oxygen atoms in total. The minimum absolute atomic E-state index is 0.231. The van der Waals surface area contributed by atoms with E-state index in [0.29, 0.717) is 5.92 Å².